The van der Waals surface area contributed by atoms with E-state index in [2.05, 4.69) is 39.1 Å². The molecule has 0 fully saturated rings. The minimum Gasteiger partial charge on any atom is -0.423 e. The third kappa shape index (κ3) is 3.84. The maximum absolute atomic E-state index is 12.0. The average molecular weight is 370 g/mol. The van der Waals surface area contributed by atoms with Crippen molar-refractivity contribution in [3.05, 3.63) is 80.2 Å². The van der Waals surface area contributed by atoms with Gasteiger partial charge in [-0.05, 0) is 60.2 Å². The number of aryl methyl sites for hydroxylation is 1. The smallest absolute Gasteiger partial charge is 0.336 e. The molecule has 3 nitrogen and oxygen atoms in total. The highest BCUT2D eigenvalue weighted by atomic mass is 35.5. The third-order valence-corrected chi connectivity index (χ3v) is 5.15. The molecular formula is C22H24ClNO2. The molecule has 26 heavy (non-hydrogen) atoms. The lowest BCUT2D eigenvalue weighted by Gasteiger charge is -2.17. The minimum absolute atomic E-state index is 0.0704. The molecule has 0 aliphatic carbocycles. The molecule has 0 radical (unpaired) electrons. The number of rotatable bonds is 5. The molecule has 0 saturated carbocycles. The van der Waals surface area contributed by atoms with Gasteiger partial charge in [-0.3, -0.25) is 0 Å². The van der Waals surface area contributed by atoms with Gasteiger partial charge in [0.05, 0.1) is 0 Å². The third-order valence-electron chi connectivity index (χ3n) is 4.81. The summed E-state index contributed by atoms with van der Waals surface area (Å²) in [5, 5.41) is 5.20. The zero-order chi connectivity index (χ0) is 18.8. The lowest BCUT2D eigenvalue weighted by atomic mass is 9.95. The van der Waals surface area contributed by atoms with Gasteiger partial charge in [0.1, 0.15) is 5.58 Å². The van der Waals surface area contributed by atoms with E-state index in [0.29, 0.717) is 18.0 Å². The van der Waals surface area contributed by atoms with Gasteiger partial charge in [-0.1, -0.05) is 43.6 Å². The maximum Gasteiger partial charge on any atom is 0.336 e. The first-order chi connectivity index (χ1) is 12.4. The lowest BCUT2D eigenvalue weighted by molar-refractivity contribution is 0.547. The molecule has 2 aromatic carbocycles. The van der Waals surface area contributed by atoms with Crippen LogP contribution in [0.3, 0.4) is 0 Å². The van der Waals surface area contributed by atoms with Crippen LogP contribution in [0.2, 0.25) is 5.02 Å². The molecular weight excluding hydrogens is 346 g/mol. The fourth-order valence-corrected chi connectivity index (χ4v) is 3.66. The zero-order valence-electron chi connectivity index (χ0n) is 15.6. The highest BCUT2D eigenvalue weighted by Crippen LogP contribution is 2.28. The van der Waals surface area contributed by atoms with E-state index in [9.17, 15) is 4.79 Å². The summed E-state index contributed by atoms with van der Waals surface area (Å²) in [4.78, 5) is 12.0. The molecule has 1 atom stereocenters. The second kappa shape index (κ2) is 7.65. The molecule has 3 rings (SSSR count). The van der Waals surface area contributed by atoms with Crippen LogP contribution in [-0.4, -0.2) is 0 Å². The summed E-state index contributed by atoms with van der Waals surface area (Å²) in [6.07, 6.45) is 0. The molecule has 3 aromatic rings. The van der Waals surface area contributed by atoms with Gasteiger partial charge in [0.25, 0.3) is 0 Å². The maximum atomic E-state index is 12.0. The Hall–Kier alpha value is -2.10. The molecule has 0 spiro atoms. The summed E-state index contributed by atoms with van der Waals surface area (Å²) in [6, 6.07) is 13.6. The Morgan fingerprint density at radius 2 is 1.81 bits per heavy atom. The first-order valence-corrected chi connectivity index (χ1v) is 9.29. The summed E-state index contributed by atoms with van der Waals surface area (Å²) in [5.74, 6) is 0.411. The van der Waals surface area contributed by atoms with E-state index in [4.69, 9.17) is 16.0 Å². The highest BCUT2D eigenvalue weighted by Gasteiger charge is 2.13. The summed E-state index contributed by atoms with van der Waals surface area (Å²) < 4.78 is 5.42. The van der Waals surface area contributed by atoms with E-state index in [1.54, 1.807) is 6.07 Å². The molecule has 1 heterocycles. The van der Waals surface area contributed by atoms with Crippen LogP contribution in [0.5, 0.6) is 0 Å². The van der Waals surface area contributed by atoms with Crippen LogP contribution in [-0.2, 0) is 6.54 Å². The van der Waals surface area contributed by atoms with Crippen molar-refractivity contribution in [2.45, 2.75) is 46.2 Å². The number of nitrogens with one attached hydrogen (secondary N) is 1. The topological polar surface area (TPSA) is 42.2 Å². The predicted molar refractivity (Wildman–Crippen MR) is 108 cm³/mol. The van der Waals surface area contributed by atoms with Gasteiger partial charge in [-0.2, -0.15) is 0 Å². The first-order valence-electron chi connectivity index (χ1n) is 8.92. The normalized spacial score (nSPS) is 12.7. The molecule has 0 saturated heterocycles. The number of fused-ring (bicyclic) bond motifs is 1. The number of hydrogen-bond donors (Lipinski definition) is 1. The molecule has 1 N–H and O–H groups in total. The lowest BCUT2D eigenvalue weighted by Crippen LogP contribution is -2.19. The van der Waals surface area contributed by atoms with Crippen LogP contribution < -0.4 is 10.9 Å². The van der Waals surface area contributed by atoms with Crippen molar-refractivity contribution in [1.82, 2.24) is 5.32 Å². The van der Waals surface area contributed by atoms with Crippen LogP contribution in [0.15, 0.2) is 51.7 Å². The van der Waals surface area contributed by atoms with Crippen molar-refractivity contribution < 1.29 is 4.42 Å². The van der Waals surface area contributed by atoms with Crippen molar-refractivity contribution in [3.63, 3.8) is 0 Å². The number of benzene rings is 2. The largest absolute Gasteiger partial charge is 0.423 e. The fourth-order valence-electron chi connectivity index (χ4n) is 3.36. The Bertz CT molecular complexity index is 991. The molecule has 0 aliphatic heterocycles. The number of hydrogen-bond acceptors (Lipinski definition) is 3. The average Bonchev–Trinajstić information content (AvgIpc) is 2.58. The zero-order valence-corrected chi connectivity index (χ0v) is 16.4. The Morgan fingerprint density at radius 3 is 2.50 bits per heavy atom. The van der Waals surface area contributed by atoms with Crippen molar-refractivity contribution in [2.24, 2.45) is 0 Å². The van der Waals surface area contributed by atoms with Crippen LogP contribution in [0.1, 0.15) is 55.0 Å². The summed E-state index contributed by atoms with van der Waals surface area (Å²) in [6.45, 7) is 9.03. The van der Waals surface area contributed by atoms with E-state index in [-0.39, 0.29) is 11.7 Å². The van der Waals surface area contributed by atoms with Crippen LogP contribution in [0.25, 0.3) is 11.0 Å². The van der Waals surface area contributed by atoms with Gasteiger partial charge in [-0.25, -0.2) is 4.79 Å². The number of halogens is 1. The van der Waals surface area contributed by atoms with Crippen molar-refractivity contribution >= 4 is 22.6 Å². The molecule has 4 heteroatoms. The Kier molecular flexibility index (Phi) is 5.49. The van der Waals surface area contributed by atoms with Crippen molar-refractivity contribution in [3.8, 4) is 0 Å². The molecule has 136 valence electrons. The second-order valence-corrected chi connectivity index (χ2v) is 7.48. The van der Waals surface area contributed by atoms with E-state index >= 15 is 0 Å². The fraction of sp³-hybridized carbons (Fsp3) is 0.318. The Labute approximate surface area is 159 Å². The standard InChI is InChI=1S/C22H24ClNO2/c1-13(2)18-11-19-16(10-22(25)26-21(19)9-14(18)3)12-24-15(4)17-7-5-6-8-20(17)23/h5-11,13,15,24H,12H2,1-4H3/t15-/m1/s1. The van der Waals surface area contributed by atoms with Gasteiger partial charge in [-0.15, -0.1) is 0 Å². The van der Waals surface area contributed by atoms with Gasteiger partial charge in [0.2, 0.25) is 0 Å². The first kappa shape index (κ1) is 18.7. The Balaban J connectivity index is 1.95. The van der Waals surface area contributed by atoms with Gasteiger partial charge < -0.3 is 9.73 Å². The molecule has 0 unspecified atom stereocenters. The van der Waals surface area contributed by atoms with Gasteiger partial charge in [0.15, 0.2) is 0 Å². The molecule has 0 aliphatic rings. The Morgan fingerprint density at radius 1 is 1.08 bits per heavy atom. The molecule has 0 amide bonds. The molecule has 1 aromatic heterocycles. The minimum atomic E-state index is -0.323. The quantitative estimate of drug-likeness (QED) is 0.584. The summed E-state index contributed by atoms with van der Waals surface area (Å²) in [5.41, 5.74) is 4.71. The SMILES string of the molecule is Cc1cc2oc(=O)cc(CN[C@H](C)c3ccccc3Cl)c2cc1C(C)C. The predicted octanol–water partition coefficient (Wildman–Crippen LogP) is 5.73. The van der Waals surface area contributed by atoms with E-state index in [0.717, 1.165) is 27.1 Å². The van der Waals surface area contributed by atoms with E-state index in [1.807, 2.05) is 30.3 Å². The van der Waals surface area contributed by atoms with E-state index in [1.165, 1.54) is 5.56 Å². The van der Waals surface area contributed by atoms with Gasteiger partial charge in [0, 0.05) is 29.1 Å². The monoisotopic (exact) mass is 369 g/mol. The van der Waals surface area contributed by atoms with Crippen molar-refractivity contribution in [2.75, 3.05) is 0 Å². The molecule has 0 bridgehead atoms. The van der Waals surface area contributed by atoms with Crippen LogP contribution >= 0.6 is 11.6 Å². The van der Waals surface area contributed by atoms with Gasteiger partial charge >= 0.3 is 5.63 Å². The van der Waals surface area contributed by atoms with Crippen LogP contribution in [0.4, 0.5) is 0 Å². The summed E-state index contributed by atoms with van der Waals surface area (Å²) in [7, 11) is 0. The van der Waals surface area contributed by atoms with Crippen LogP contribution in [0, 0.1) is 6.92 Å². The highest BCUT2D eigenvalue weighted by molar-refractivity contribution is 6.31. The van der Waals surface area contributed by atoms with Crippen molar-refractivity contribution in [1.29, 1.82) is 0 Å². The van der Waals surface area contributed by atoms with E-state index < -0.39 is 0 Å². The second-order valence-electron chi connectivity index (χ2n) is 7.07. The summed E-state index contributed by atoms with van der Waals surface area (Å²) >= 11 is 6.29.